The van der Waals surface area contributed by atoms with Crippen LogP contribution in [0.1, 0.15) is 54.9 Å². The summed E-state index contributed by atoms with van der Waals surface area (Å²) in [5.41, 5.74) is -0.581. The minimum absolute atomic E-state index is 0.581. The van der Waals surface area contributed by atoms with Gasteiger partial charge in [0, 0.05) is 14.2 Å². The molecule has 1 N–H and O–H groups in total. The molecule has 1 aromatic rings. The maximum atomic E-state index is 10.7. The Labute approximate surface area is 127 Å². The fourth-order valence-electron chi connectivity index (χ4n) is 2.94. The summed E-state index contributed by atoms with van der Waals surface area (Å²) in [4.78, 5) is 2.07. The van der Waals surface area contributed by atoms with E-state index in [9.17, 15) is 10.4 Å². The van der Waals surface area contributed by atoms with Gasteiger partial charge in [0.15, 0.2) is 0 Å². The molecule has 1 aliphatic rings. The average molecular weight is 342 g/mol. The van der Waals surface area contributed by atoms with Crippen molar-refractivity contribution in [3.05, 3.63) is 20.3 Å². The van der Waals surface area contributed by atoms with E-state index in [1.807, 2.05) is 13.0 Å². The van der Waals surface area contributed by atoms with Crippen molar-refractivity contribution in [2.75, 3.05) is 0 Å². The van der Waals surface area contributed by atoms with Gasteiger partial charge >= 0.3 is 0 Å². The van der Waals surface area contributed by atoms with E-state index in [4.69, 9.17) is 0 Å². The van der Waals surface area contributed by atoms with Gasteiger partial charge in [-0.1, -0.05) is 13.3 Å². The van der Waals surface area contributed by atoms with Crippen molar-refractivity contribution < 1.29 is 5.11 Å². The lowest BCUT2D eigenvalue weighted by atomic mass is 9.67. The Morgan fingerprint density at radius 1 is 1.58 bits per heavy atom. The molecule has 1 heterocycles. The van der Waals surface area contributed by atoms with Crippen LogP contribution in [-0.4, -0.2) is 5.11 Å². The molecule has 0 aromatic carbocycles. The molecule has 1 saturated carbocycles. The first kappa shape index (κ1) is 15.0. The number of nitrogens with zero attached hydrogens (tertiary/aromatic N) is 1. The van der Waals surface area contributed by atoms with Gasteiger partial charge in [-0.3, -0.25) is 0 Å². The lowest BCUT2D eigenvalue weighted by Crippen LogP contribution is -2.32. The quantitative estimate of drug-likeness (QED) is 0.843. The zero-order chi connectivity index (χ0) is 14.0. The van der Waals surface area contributed by atoms with Crippen molar-refractivity contribution in [2.45, 2.75) is 52.1 Å². The molecular weight excluding hydrogens is 322 g/mol. The molecule has 0 saturated heterocycles. The highest BCUT2D eigenvalue weighted by atomic mass is 79.9. The molecule has 0 spiro atoms. The molecule has 1 fully saturated rings. The molecule has 104 valence electrons. The Balaban J connectivity index is 2.20. The Morgan fingerprint density at radius 3 is 2.63 bits per heavy atom. The van der Waals surface area contributed by atoms with Crippen LogP contribution in [0.15, 0.2) is 10.5 Å². The SMILES string of the molecule is CCC1CCC(C#N)(C(O)c2cc(Br)c(C)s2)CC1. The maximum Gasteiger partial charge on any atom is 0.107 e. The van der Waals surface area contributed by atoms with Crippen LogP contribution in [0, 0.1) is 29.6 Å². The van der Waals surface area contributed by atoms with Gasteiger partial charge in [-0.25, -0.2) is 0 Å². The van der Waals surface area contributed by atoms with E-state index in [2.05, 4.69) is 28.9 Å². The van der Waals surface area contributed by atoms with Crippen molar-refractivity contribution in [3.63, 3.8) is 0 Å². The average Bonchev–Trinajstić information content (AvgIpc) is 2.78. The van der Waals surface area contributed by atoms with Gasteiger partial charge < -0.3 is 5.11 Å². The minimum Gasteiger partial charge on any atom is -0.386 e. The fraction of sp³-hybridized carbons (Fsp3) is 0.667. The summed E-state index contributed by atoms with van der Waals surface area (Å²) in [5.74, 6) is 0.727. The van der Waals surface area contributed by atoms with Gasteiger partial charge in [0.1, 0.15) is 6.10 Å². The van der Waals surface area contributed by atoms with Gasteiger partial charge in [0.2, 0.25) is 0 Å². The van der Waals surface area contributed by atoms with Crippen LogP contribution in [0.25, 0.3) is 0 Å². The standard InChI is InChI=1S/C15H20BrNOS/c1-3-11-4-6-15(9-17,7-5-11)14(18)13-8-12(16)10(2)19-13/h8,11,14,18H,3-7H2,1-2H3. The Morgan fingerprint density at radius 2 is 2.21 bits per heavy atom. The Kier molecular flexibility index (Phi) is 4.70. The minimum atomic E-state index is -0.648. The monoisotopic (exact) mass is 341 g/mol. The van der Waals surface area contributed by atoms with Gasteiger partial charge in [-0.2, -0.15) is 5.26 Å². The number of aliphatic hydroxyl groups excluding tert-OH is 1. The summed E-state index contributed by atoms with van der Waals surface area (Å²) in [7, 11) is 0. The van der Waals surface area contributed by atoms with Gasteiger partial charge in [0.25, 0.3) is 0 Å². The summed E-state index contributed by atoms with van der Waals surface area (Å²) in [6.45, 7) is 4.23. The third-order valence-corrected chi connectivity index (χ3v) is 6.66. The number of hydrogen-bond acceptors (Lipinski definition) is 3. The topological polar surface area (TPSA) is 44.0 Å². The van der Waals surface area contributed by atoms with E-state index in [1.54, 1.807) is 11.3 Å². The lowest BCUT2D eigenvalue weighted by molar-refractivity contribution is 0.0267. The Bertz CT molecular complexity index is 463. The number of nitriles is 1. The van der Waals surface area contributed by atoms with Crippen LogP contribution in [-0.2, 0) is 0 Å². The van der Waals surface area contributed by atoms with Crippen molar-refractivity contribution in [1.29, 1.82) is 5.26 Å². The van der Waals surface area contributed by atoms with Crippen molar-refractivity contribution in [2.24, 2.45) is 11.3 Å². The first-order valence-electron chi connectivity index (χ1n) is 6.87. The highest BCUT2D eigenvalue weighted by Crippen LogP contribution is 2.49. The van der Waals surface area contributed by atoms with Gasteiger partial charge in [-0.05, 0) is 60.5 Å². The van der Waals surface area contributed by atoms with E-state index >= 15 is 0 Å². The highest BCUT2D eigenvalue weighted by molar-refractivity contribution is 9.10. The second-order valence-corrected chi connectivity index (χ2v) is 7.72. The first-order valence-corrected chi connectivity index (χ1v) is 8.48. The van der Waals surface area contributed by atoms with E-state index in [0.29, 0.717) is 0 Å². The molecule has 1 atom stereocenters. The van der Waals surface area contributed by atoms with E-state index < -0.39 is 11.5 Å². The zero-order valence-corrected chi connectivity index (χ0v) is 13.9. The zero-order valence-electron chi connectivity index (χ0n) is 11.4. The maximum absolute atomic E-state index is 10.7. The van der Waals surface area contributed by atoms with Crippen LogP contribution < -0.4 is 0 Å². The summed E-state index contributed by atoms with van der Waals surface area (Å²) in [6.07, 6.45) is 4.29. The number of halogens is 1. The van der Waals surface area contributed by atoms with Crippen LogP contribution >= 0.6 is 27.3 Å². The third-order valence-electron chi connectivity index (χ3n) is 4.47. The van der Waals surface area contributed by atoms with Crippen molar-refractivity contribution >= 4 is 27.3 Å². The largest absolute Gasteiger partial charge is 0.386 e. The smallest absolute Gasteiger partial charge is 0.107 e. The highest BCUT2D eigenvalue weighted by Gasteiger charge is 2.42. The predicted molar refractivity (Wildman–Crippen MR) is 82.0 cm³/mol. The normalized spacial score (nSPS) is 28.9. The van der Waals surface area contributed by atoms with Crippen LogP contribution in [0.3, 0.4) is 0 Å². The molecule has 4 heteroatoms. The Hall–Kier alpha value is -0.370. The number of hydrogen-bond donors (Lipinski definition) is 1. The summed E-state index contributed by atoms with van der Waals surface area (Å²) < 4.78 is 1.03. The van der Waals surface area contributed by atoms with Gasteiger partial charge in [-0.15, -0.1) is 11.3 Å². The molecule has 2 rings (SSSR count). The van der Waals surface area contributed by atoms with Crippen molar-refractivity contribution in [3.8, 4) is 6.07 Å². The molecule has 0 radical (unpaired) electrons. The van der Waals surface area contributed by atoms with Crippen LogP contribution in [0.4, 0.5) is 0 Å². The molecule has 1 aliphatic carbocycles. The number of aryl methyl sites for hydroxylation is 1. The van der Waals surface area contributed by atoms with Crippen LogP contribution in [0.5, 0.6) is 0 Å². The lowest BCUT2D eigenvalue weighted by Gasteiger charge is -2.37. The van der Waals surface area contributed by atoms with Gasteiger partial charge in [0.05, 0.1) is 11.5 Å². The van der Waals surface area contributed by atoms with E-state index in [-0.39, 0.29) is 0 Å². The summed E-state index contributed by atoms with van der Waals surface area (Å²) >= 11 is 5.07. The van der Waals surface area contributed by atoms with E-state index in [1.165, 1.54) is 6.42 Å². The molecule has 0 amide bonds. The molecule has 19 heavy (non-hydrogen) atoms. The predicted octanol–water partition coefficient (Wildman–Crippen LogP) is 4.96. The van der Waals surface area contributed by atoms with Crippen LogP contribution in [0.2, 0.25) is 0 Å². The molecule has 0 aliphatic heterocycles. The molecule has 1 aromatic heterocycles. The van der Waals surface area contributed by atoms with E-state index in [0.717, 1.165) is 45.8 Å². The summed E-state index contributed by atoms with van der Waals surface area (Å²) in [5, 5.41) is 20.3. The molecule has 0 bridgehead atoms. The molecule has 1 unspecified atom stereocenters. The number of aliphatic hydroxyl groups is 1. The second kappa shape index (κ2) is 5.95. The third kappa shape index (κ3) is 2.89. The molecular formula is C15H20BrNOS. The second-order valence-electron chi connectivity index (χ2n) is 5.57. The number of thiophene rings is 1. The first-order chi connectivity index (χ1) is 9.02. The molecule has 2 nitrogen and oxygen atoms in total. The summed E-state index contributed by atoms with van der Waals surface area (Å²) in [6, 6.07) is 4.40. The van der Waals surface area contributed by atoms with Crippen molar-refractivity contribution in [1.82, 2.24) is 0 Å². The fourth-order valence-corrected chi connectivity index (χ4v) is 4.60. The number of rotatable bonds is 3.